The van der Waals surface area contributed by atoms with Crippen LogP contribution in [0.1, 0.15) is 37.0 Å². The maximum Gasteiger partial charge on any atom is 0.337 e. The Balaban J connectivity index is 2.47. The van der Waals surface area contributed by atoms with Gasteiger partial charge in [-0.05, 0) is 12.0 Å². The molecule has 2 aromatic rings. The summed E-state index contributed by atoms with van der Waals surface area (Å²) in [7, 11) is 0. The molecule has 0 bridgehead atoms. The van der Waals surface area contributed by atoms with Gasteiger partial charge in [0.05, 0.1) is 5.56 Å². The maximum absolute atomic E-state index is 11.2. The van der Waals surface area contributed by atoms with Crippen molar-refractivity contribution < 1.29 is 9.90 Å². The fourth-order valence-electron chi connectivity index (χ4n) is 2.39. The van der Waals surface area contributed by atoms with E-state index >= 15 is 0 Å². The number of para-hydroxylation sites is 1. The van der Waals surface area contributed by atoms with Crippen LogP contribution in [-0.2, 0) is 6.54 Å². The number of carbonyl (C=O) groups is 1. The third kappa shape index (κ3) is 2.26. The summed E-state index contributed by atoms with van der Waals surface area (Å²) in [5, 5.41) is 10.1. The summed E-state index contributed by atoms with van der Waals surface area (Å²) in [5.41, 5.74) is 1.42. The van der Waals surface area contributed by atoms with Crippen molar-refractivity contribution in [2.75, 3.05) is 0 Å². The first-order chi connectivity index (χ1) is 8.67. The Labute approximate surface area is 107 Å². The fraction of sp³-hybridized carbons (Fsp3) is 0.400. The lowest BCUT2D eigenvalue weighted by Gasteiger charge is -2.14. The molecule has 18 heavy (non-hydrogen) atoms. The molecule has 0 atom stereocenters. The van der Waals surface area contributed by atoms with Crippen LogP contribution in [0.2, 0.25) is 0 Å². The van der Waals surface area contributed by atoms with Gasteiger partial charge in [-0.25, -0.2) is 4.79 Å². The molecule has 0 aliphatic rings. The summed E-state index contributed by atoms with van der Waals surface area (Å²) in [6, 6.07) is 7.71. The topological polar surface area (TPSA) is 42.2 Å². The average molecular weight is 245 g/mol. The van der Waals surface area contributed by atoms with E-state index in [0.29, 0.717) is 11.5 Å². The van der Waals surface area contributed by atoms with Gasteiger partial charge in [-0.2, -0.15) is 0 Å². The molecule has 1 heterocycles. The van der Waals surface area contributed by atoms with Gasteiger partial charge in [-0.15, -0.1) is 0 Å². The number of carboxylic acid groups (broad SMARTS) is 1. The standard InChI is InChI=1S/C15H19NO2/c1-3-11(4-2)9-16-10-13(15(17)18)12-7-5-6-8-14(12)16/h5-8,10-11H,3-4,9H2,1-2H3,(H,17,18). The van der Waals surface area contributed by atoms with Crippen LogP contribution in [0.5, 0.6) is 0 Å². The zero-order valence-electron chi connectivity index (χ0n) is 10.9. The molecule has 0 saturated heterocycles. The van der Waals surface area contributed by atoms with Crippen molar-refractivity contribution in [3.05, 3.63) is 36.0 Å². The number of nitrogens with zero attached hydrogens (tertiary/aromatic N) is 1. The number of fused-ring (bicyclic) bond motifs is 1. The second kappa shape index (κ2) is 5.25. The Hall–Kier alpha value is -1.77. The zero-order chi connectivity index (χ0) is 13.1. The molecule has 0 radical (unpaired) electrons. The SMILES string of the molecule is CCC(CC)Cn1cc(C(=O)O)c2ccccc21. The van der Waals surface area contributed by atoms with E-state index in [4.69, 9.17) is 0 Å². The summed E-state index contributed by atoms with van der Waals surface area (Å²) in [4.78, 5) is 11.2. The molecule has 0 fully saturated rings. The van der Waals surface area contributed by atoms with Gasteiger partial charge in [0, 0.05) is 23.6 Å². The van der Waals surface area contributed by atoms with Crippen LogP contribution in [0, 0.1) is 5.92 Å². The number of aromatic nitrogens is 1. The molecule has 96 valence electrons. The molecule has 1 aromatic heterocycles. The van der Waals surface area contributed by atoms with Gasteiger partial charge in [0.1, 0.15) is 0 Å². The monoisotopic (exact) mass is 245 g/mol. The van der Waals surface area contributed by atoms with Crippen LogP contribution in [-0.4, -0.2) is 15.6 Å². The van der Waals surface area contributed by atoms with Crippen molar-refractivity contribution in [1.29, 1.82) is 0 Å². The highest BCUT2D eigenvalue weighted by Crippen LogP contribution is 2.23. The lowest BCUT2D eigenvalue weighted by molar-refractivity contribution is 0.0698. The summed E-state index contributed by atoms with van der Waals surface area (Å²) < 4.78 is 2.08. The Morgan fingerprint density at radius 1 is 1.28 bits per heavy atom. The van der Waals surface area contributed by atoms with Crippen molar-refractivity contribution in [2.45, 2.75) is 33.2 Å². The first-order valence-electron chi connectivity index (χ1n) is 6.48. The van der Waals surface area contributed by atoms with Crippen LogP contribution in [0.3, 0.4) is 0 Å². The molecular formula is C15H19NO2. The molecule has 0 spiro atoms. The second-order valence-corrected chi connectivity index (χ2v) is 4.70. The normalized spacial score (nSPS) is 11.3. The van der Waals surface area contributed by atoms with E-state index in [1.807, 2.05) is 24.3 Å². The summed E-state index contributed by atoms with van der Waals surface area (Å²) in [6.45, 7) is 5.25. The maximum atomic E-state index is 11.2. The minimum Gasteiger partial charge on any atom is -0.478 e. The average Bonchev–Trinajstić information content (AvgIpc) is 2.75. The molecule has 1 aromatic carbocycles. The van der Waals surface area contributed by atoms with Gasteiger partial charge < -0.3 is 9.67 Å². The number of hydrogen-bond donors (Lipinski definition) is 1. The Bertz CT molecular complexity index is 553. The predicted octanol–water partition coefficient (Wildman–Crippen LogP) is 3.78. The highest BCUT2D eigenvalue weighted by Gasteiger charge is 2.15. The van der Waals surface area contributed by atoms with Gasteiger partial charge in [-0.3, -0.25) is 0 Å². The molecular weight excluding hydrogens is 226 g/mol. The van der Waals surface area contributed by atoms with Crippen LogP contribution in [0.25, 0.3) is 10.9 Å². The minimum atomic E-state index is -0.852. The summed E-state index contributed by atoms with van der Waals surface area (Å²) in [6.07, 6.45) is 4.00. The Kier molecular flexibility index (Phi) is 3.70. The van der Waals surface area contributed by atoms with Crippen LogP contribution in [0.15, 0.2) is 30.5 Å². The van der Waals surface area contributed by atoms with Crippen molar-refractivity contribution in [2.24, 2.45) is 5.92 Å². The third-order valence-electron chi connectivity index (χ3n) is 3.63. The Morgan fingerprint density at radius 3 is 2.56 bits per heavy atom. The van der Waals surface area contributed by atoms with Crippen molar-refractivity contribution in [1.82, 2.24) is 4.57 Å². The van der Waals surface area contributed by atoms with E-state index in [2.05, 4.69) is 18.4 Å². The quantitative estimate of drug-likeness (QED) is 0.871. The second-order valence-electron chi connectivity index (χ2n) is 4.70. The summed E-state index contributed by atoms with van der Waals surface area (Å²) in [5.74, 6) is -0.253. The molecule has 0 amide bonds. The van der Waals surface area contributed by atoms with E-state index in [9.17, 15) is 9.90 Å². The summed E-state index contributed by atoms with van der Waals surface area (Å²) >= 11 is 0. The number of carboxylic acids is 1. The number of aromatic carboxylic acids is 1. The zero-order valence-corrected chi connectivity index (χ0v) is 10.9. The molecule has 1 N–H and O–H groups in total. The highest BCUT2D eigenvalue weighted by molar-refractivity contribution is 6.03. The first-order valence-corrected chi connectivity index (χ1v) is 6.48. The molecule has 3 heteroatoms. The van der Waals surface area contributed by atoms with Crippen molar-refractivity contribution >= 4 is 16.9 Å². The predicted molar refractivity (Wildman–Crippen MR) is 73.0 cm³/mol. The third-order valence-corrected chi connectivity index (χ3v) is 3.63. The van der Waals surface area contributed by atoms with Gasteiger partial charge in [-0.1, -0.05) is 44.9 Å². The van der Waals surface area contributed by atoms with Gasteiger partial charge in [0.15, 0.2) is 0 Å². The lowest BCUT2D eigenvalue weighted by atomic mass is 10.0. The molecule has 0 aliphatic heterocycles. The molecule has 0 saturated carbocycles. The van der Waals surface area contributed by atoms with Gasteiger partial charge >= 0.3 is 5.97 Å². The molecule has 2 rings (SSSR count). The van der Waals surface area contributed by atoms with Gasteiger partial charge in [0.2, 0.25) is 0 Å². The molecule has 0 unspecified atom stereocenters. The van der Waals surface area contributed by atoms with Gasteiger partial charge in [0.25, 0.3) is 0 Å². The molecule has 0 aliphatic carbocycles. The molecule has 3 nitrogen and oxygen atoms in total. The lowest BCUT2D eigenvalue weighted by Crippen LogP contribution is -2.08. The first kappa shape index (κ1) is 12.7. The smallest absolute Gasteiger partial charge is 0.337 e. The van der Waals surface area contributed by atoms with E-state index in [1.54, 1.807) is 6.20 Å². The van der Waals surface area contributed by atoms with E-state index < -0.39 is 5.97 Å². The van der Waals surface area contributed by atoms with Crippen LogP contribution < -0.4 is 0 Å². The van der Waals surface area contributed by atoms with E-state index in [-0.39, 0.29) is 0 Å². The number of hydrogen-bond acceptors (Lipinski definition) is 1. The Morgan fingerprint density at radius 2 is 1.94 bits per heavy atom. The van der Waals surface area contributed by atoms with Crippen LogP contribution in [0.4, 0.5) is 0 Å². The fourth-order valence-corrected chi connectivity index (χ4v) is 2.39. The number of rotatable bonds is 5. The minimum absolute atomic E-state index is 0.400. The van der Waals surface area contributed by atoms with E-state index in [0.717, 1.165) is 30.3 Å². The number of benzene rings is 1. The van der Waals surface area contributed by atoms with Crippen molar-refractivity contribution in [3.63, 3.8) is 0 Å². The van der Waals surface area contributed by atoms with E-state index in [1.165, 1.54) is 0 Å². The van der Waals surface area contributed by atoms with Crippen LogP contribution >= 0.6 is 0 Å². The largest absolute Gasteiger partial charge is 0.478 e. The highest BCUT2D eigenvalue weighted by atomic mass is 16.4. The van der Waals surface area contributed by atoms with Crippen molar-refractivity contribution in [3.8, 4) is 0 Å².